The molecule has 30 heavy (non-hydrogen) atoms. The van der Waals surface area contributed by atoms with Crippen molar-refractivity contribution in [2.45, 2.75) is 24.8 Å². The van der Waals surface area contributed by atoms with Gasteiger partial charge in [-0.25, -0.2) is 0 Å². The van der Waals surface area contributed by atoms with Crippen molar-refractivity contribution in [2.75, 3.05) is 5.32 Å². The molecule has 0 radical (unpaired) electrons. The minimum Gasteiger partial charge on any atom is -0.322 e. The molecule has 4 aromatic rings. The number of carbonyl (C=O) groups excluding carboxylic acids is 1. The number of hydrogen-bond acceptors (Lipinski definition) is 5. The molecule has 0 bridgehead atoms. The fourth-order valence-electron chi connectivity index (χ4n) is 3.10. The maximum atomic E-state index is 12.6. The number of thioether (sulfide) groups is 1. The SMILES string of the molecule is Cc1cccc(C)c1NC(=O)c1ccc(CSc2nnnn2-c2ccccc2)cc1. The third-order valence-electron chi connectivity index (χ3n) is 4.75. The molecule has 0 atom stereocenters. The summed E-state index contributed by atoms with van der Waals surface area (Å²) in [5, 5.41) is 15.7. The molecule has 1 N–H and O–H groups in total. The largest absolute Gasteiger partial charge is 0.322 e. The zero-order valence-electron chi connectivity index (χ0n) is 16.7. The third kappa shape index (κ3) is 4.41. The Hall–Kier alpha value is -3.45. The highest BCUT2D eigenvalue weighted by atomic mass is 32.2. The fourth-order valence-corrected chi connectivity index (χ4v) is 3.94. The van der Waals surface area contributed by atoms with Crippen LogP contribution < -0.4 is 5.32 Å². The number of tetrazole rings is 1. The van der Waals surface area contributed by atoms with Crippen LogP contribution in [-0.2, 0) is 5.75 Å². The zero-order chi connectivity index (χ0) is 20.9. The Morgan fingerprint density at radius 3 is 2.33 bits per heavy atom. The van der Waals surface area contributed by atoms with E-state index in [9.17, 15) is 4.79 Å². The fraction of sp³-hybridized carbons (Fsp3) is 0.130. The molecule has 0 saturated heterocycles. The van der Waals surface area contributed by atoms with Crippen LogP contribution in [0.4, 0.5) is 5.69 Å². The maximum absolute atomic E-state index is 12.6. The Balaban J connectivity index is 1.41. The average Bonchev–Trinajstić information content (AvgIpc) is 3.24. The molecular formula is C23H21N5OS. The number of aromatic nitrogens is 4. The Morgan fingerprint density at radius 2 is 1.63 bits per heavy atom. The predicted octanol–water partition coefficient (Wildman–Crippen LogP) is 4.82. The quantitative estimate of drug-likeness (QED) is 0.457. The van der Waals surface area contributed by atoms with Gasteiger partial charge in [0.15, 0.2) is 0 Å². The van der Waals surface area contributed by atoms with Crippen LogP contribution in [0.2, 0.25) is 0 Å². The first-order chi connectivity index (χ1) is 14.6. The number of amides is 1. The third-order valence-corrected chi connectivity index (χ3v) is 5.74. The van der Waals surface area contributed by atoms with Crippen molar-refractivity contribution in [3.63, 3.8) is 0 Å². The minimum atomic E-state index is -0.111. The number of nitrogens with one attached hydrogen (secondary N) is 1. The molecule has 150 valence electrons. The van der Waals surface area contributed by atoms with E-state index in [-0.39, 0.29) is 5.91 Å². The predicted molar refractivity (Wildman–Crippen MR) is 119 cm³/mol. The van der Waals surface area contributed by atoms with Crippen molar-refractivity contribution in [3.8, 4) is 5.69 Å². The number of anilines is 1. The molecule has 1 heterocycles. The van der Waals surface area contributed by atoms with Crippen molar-refractivity contribution in [2.24, 2.45) is 0 Å². The maximum Gasteiger partial charge on any atom is 0.255 e. The van der Waals surface area contributed by atoms with E-state index in [1.807, 2.05) is 86.6 Å². The summed E-state index contributed by atoms with van der Waals surface area (Å²) in [4.78, 5) is 12.6. The Labute approximate surface area is 179 Å². The normalized spacial score (nSPS) is 10.7. The number of carbonyl (C=O) groups is 1. The van der Waals surface area contributed by atoms with Crippen LogP contribution in [0.5, 0.6) is 0 Å². The van der Waals surface area contributed by atoms with Crippen LogP contribution in [-0.4, -0.2) is 26.1 Å². The van der Waals surface area contributed by atoms with E-state index >= 15 is 0 Å². The van der Waals surface area contributed by atoms with Crippen LogP contribution in [0, 0.1) is 13.8 Å². The number of benzene rings is 3. The van der Waals surface area contributed by atoms with Gasteiger partial charge in [0.05, 0.1) is 5.69 Å². The number of nitrogens with zero attached hydrogens (tertiary/aromatic N) is 4. The molecule has 0 aliphatic carbocycles. The van der Waals surface area contributed by atoms with E-state index in [1.54, 1.807) is 16.4 Å². The number of para-hydroxylation sites is 2. The van der Waals surface area contributed by atoms with Crippen molar-refractivity contribution in [3.05, 3.63) is 95.1 Å². The second-order valence-corrected chi connectivity index (χ2v) is 7.86. The summed E-state index contributed by atoms with van der Waals surface area (Å²) < 4.78 is 1.72. The summed E-state index contributed by atoms with van der Waals surface area (Å²) in [5.74, 6) is 0.589. The summed E-state index contributed by atoms with van der Waals surface area (Å²) in [6.45, 7) is 3.98. The molecule has 0 spiro atoms. The molecule has 0 unspecified atom stereocenters. The summed E-state index contributed by atoms with van der Waals surface area (Å²) in [6, 6.07) is 23.4. The monoisotopic (exact) mass is 415 g/mol. The Bertz CT molecular complexity index is 1140. The molecule has 6 nitrogen and oxygen atoms in total. The topological polar surface area (TPSA) is 72.7 Å². The van der Waals surface area contributed by atoms with Gasteiger partial charge < -0.3 is 5.32 Å². The first kappa shape index (κ1) is 19.8. The van der Waals surface area contributed by atoms with E-state index in [0.717, 1.165) is 33.2 Å². The average molecular weight is 416 g/mol. The Kier molecular flexibility index (Phi) is 5.90. The van der Waals surface area contributed by atoms with Crippen LogP contribution in [0.15, 0.2) is 78.0 Å². The van der Waals surface area contributed by atoms with Gasteiger partial charge in [-0.2, -0.15) is 4.68 Å². The van der Waals surface area contributed by atoms with Crippen LogP contribution in [0.1, 0.15) is 27.0 Å². The number of rotatable bonds is 6. The molecule has 0 aliphatic rings. The molecule has 0 saturated carbocycles. The van der Waals surface area contributed by atoms with Gasteiger partial charge in [0, 0.05) is 17.0 Å². The van der Waals surface area contributed by atoms with Crippen LogP contribution >= 0.6 is 11.8 Å². The lowest BCUT2D eigenvalue weighted by molar-refractivity contribution is 0.102. The van der Waals surface area contributed by atoms with E-state index < -0.39 is 0 Å². The summed E-state index contributed by atoms with van der Waals surface area (Å²) >= 11 is 1.55. The summed E-state index contributed by atoms with van der Waals surface area (Å²) in [5.41, 5.74) is 5.60. The second-order valence-electron chi connectivity index (χ2n) is 6.92. The number of aryl methyl sites for hydroxylation is 2. The van der Waals surface area contributed by atoms with Gasteiger partial charge in [-0.15, -0.1) is 5.10 Å². The van der Waals surface area contributed by atoms with Crippen LogP contribution in [0.25, 0.3) is 5.69 Å². The van der Waals surface area contributed by atoms with E-state index in [0.29, 0.717) is 11.3 Å². The molecule has 3 aromatic carbocycles. The van der Waals surface area contributed by atoms with Crippen molar-refractivity contribution in [1.82, 2.24) is 20.2 Å². The highest BCUT2D eigenvalue weighted by Gasteiger charge is 2.11. The van der Waals surface area contributed by atoms with Crippen molar-refractivity contribution >= 4 is 23.4 Å². The van der Waals surface area contributed by atoms with Gasteiger partial charge in [-0.1, -0.05) is 60.3 Å². The Morgan fingerprint density at radius 1 is 0.933 bits per heavy atom. The lowest BCUT2D eigenvalue weighted by Crippen LogP contribution is -2.13. The highest BCUT2D eigenvalue weighted by molar-refractivity contribution is 7.98. The van der Waals surface area contributed by atoms with Gasteiger partial charge in [0.1, 0.15) is 0 Å². The smallest absolute Gasteiger partial charge is 0.255 e. The molecule has 1 amide bonds. The van der Waals surface area contributed by atoms with Gasteiger partial charge in [-0.3, -0.25) is 4.79 Å². The van der Waals surface area contributed by atoms with Gasteiger partial charge >= 0.3 is 0 Å². The molecule has 4 rings (SSSR count). The zero-order valence-corrected chi connectivity index (χ0v) is 17.6. The standard InChI is InChI=1S/C23H21N5OS/c1-16-7-6-8-17(2)21(16)24-22(29)19-13-11-18(12-14-19)15-30-23-25-26-27-28(23)20-9-4-3-5-10-20/h3-14H,15H2,1-2H3,(H,24,29). The summed E-state index contributed by atoms with van der Waals surface area (Å²) in [7, 11) is 0. The molecule has 0 aliphatic heterocycles. The first-order valence-electron chi connectivity index (χ1n) is 9.55. The van der Waals surface area contributed by atoms with Crippen molar-refractivity contribution < 1.29 is 4.79 Å². The van der Waals surface area contributed by atoms with E-state index in [2.05, 4.69) is 20.8 Å². The molecular weight excluding hydrogens is 394 g/mol. The first-order valence-corrected chi connectivity index (χ1v) is 10.5. The van der Waals surface area contributed by atoms with Gasteiger partial charge in [0.25, 0.3) is 5.91 Å². The van der Waals surface area contributed by atoms with Crippen LogP contribution in [0.3, 0.4) is 0 Å². The molecule has 1 aromatic heterocycles. The van der Waals surface area contributed by atoms with Gasteiger partial charge in [0.2, 0.25) is 5.16 Å². The molecule has 0 fully saturated rings. The minimum absolute atomic E-state index is 0.111. The molecule has 7 heteroatoms. The number of hydrogen-bond donors (Lipinski definition) is 1. The lowest BCUT2D eigenvalue weighted by atomic mass is 10.1. The van der Waals surface area contributed by atoms with E-state index in [1.165, 1.54) is 0 Å². The lowest BCUT2D eigenvalue weighted by Gasteiger charge is -2.11. The summed E-state index contributed by atoms with van der Waals surface area (Å²) in [6.07, 6.45) is 0. The van der Waals surface area contributed by atoms with E-state index in [4.69, 9.17) is 0 Å². The second kappa shape index (κ2) is 8.92. The van der Waals surface area contributed by atoms with Crippen molar-refractivity contribution in [1.29, 1.82) is 0 Å². The van der Waals surface area contributed by atoms with Gasteiger partial charge in [-0.05, 0) is 65.2 Å². The highest BCUT2D eigenvalue weighted by Crippen LogP contribution is 2.23.